The van der Waals surface area contributed by atoms with Crippen molar-refractivity contribution in [3.63, 3.8) is 0 Å². The number of halogens is 1. The van der Waals surface area contributed by atoms with Crippen LogP contribution in [-0.2, 0) is 13.5 Å². The van der Waals surface area contributed by atoms with Crippen molar-refractivity contribution in [3.05, 3.63) is 59.5 Å². The third-order valence-corrected chi connectivity index (χ3v) is 5.94. The van der Waals surface area contributed by atoms with Crippen molar-refractivity contribution in [2.45, 2.75) is 25.3 Å². The van der Waals surface area contributed by atoms with Crippen LogP contribution in [0.4, 0.5) is 0 Å². The molecule has 1 aliphatic rings. The first-order valence-corrected chi connectivity index (χ1v) is 9.31. The molecule has 134 valence electrons. The molecule has 3 aromatic heterocycles. The Bertz CT molecular complexity index is 1150. The lowest BCUT2D eigenvalue weighted by Gasteiger charge is -2.23. The van der Waals surface area contributed by atoms with E-state index in [9.17, 15) is 14.4 Å². The van der Waals surface area contributed by atoms with Crippen LogP contribution in [0.25, 0.3) is 11.0 Å². The van der Waals surface area contributed by atoms with Crippen molar-refractivity contribution in [2.24, 2.45) is 7.05 Å². The maximum Gasteiger partial charge on any atom is 0.329 e. The number of amides is 1. The SMILES string of the molecule is Cn1c(=O)[nH]c(=O)c2cc(C(=O)NC3CCCc4sc(Cl)cc43)cnc21. The Morgan fingerprint density at radius 2 is 2.23 bits per heavy atom. The molecule has 4 rings (SSSR count). The highest BCUT2D eigenvalue weighted by Gasteiger charge is 2.25. The van der Waals surface area contributed by atoms with Crippen molar-refractivity contribution < 1.29 is 4.79 Å². The zero-order valence-electron chi connectivity index (χ0n) is 13.8. The van der Waals surface area contributed by atoms with Gasteiger partial charge in [-0.15, -0.1) is 11.3 Å². The number of aromatic amines is 1. The van der Waals surface area contributed by atoms with Crippen LogP contribution in [0, 0.1) is 0 Å². The van der Waals surface area contributed by atoms with E-state index in [1.54, 1.807) is 11.3 Å². The number of rotatable bonds is 2. The highest BCUT2D eigenvalue weighted by molar-refractivity contribution is 7.16. The van der Waals surface area contributed by atoms with E-state index < -0.39 is 11.2 Å². The lowest BCUT2D eigenvalue weighted by molar-refractivity contribution is 0.0932. The quantitative estimate of drug-likeness (QED) is 0.700. The molecule has 1 aliphatic carbocycles. The summed E-state index contributed by atoms with van der Waals surface area (Å²) in [7, 11) is 1.51. The maximum atomic E-state index is 12.7. The van der Waals surface area contributed by atoms with E-state index in [1.807, 2.05) is 6.07 Å². The Morgan fingerprint density at radius 1 is 1.42 bits per heavy atom. The summed E-state index contributed by atoms with van der Waals surface area (Å²) in [5.41, 5.74) is 0.467. The number of pyridine rings is 1. The minimum absolute atomic E-state index is 0.107. The predicted octanol–water partition coefficient (Wildman–Crippen LogP) is 2.14. The number of H-pyrrole nitrogens is 1. The van der Waals surface area contributed by atoms with E-state index in [0.29, 0.717) is 0 Å². The molecule has 9 heteroatoms. The molecule has 0 saturated heterocycles. The van der Waals surface area contributed by atoms with Crippen molar-refractivity contribution in [1.82, 2.24) is 19.9 Å². The smallest absolute Gasteiger partial charge is 0.329 e. The van der Waals surface area contributed by atoms with Gasteiger partial charge in [-0.1, -0.05) is 11.6 Å². The topological polar surface area (TPSA) is 96.9 Å². The predicted molar refractivity (Wildman–Crippen MR) is 100 cm³/mol. The van der Waals surface area contributed by atoms with Gasteiger partial charge in [0.2, 0.25) is 0 Å². The average Bonchev–Trinajstić information content (AvgIpc) is 3.00. The average molecular weight is 391 g/mol. The first-order valence-electron chi connectivity index (χ1n) is 8.12. The molecule has 1 unspecified atom stereocenters. The molecule has 3 heterocycles. The molecular weight excluding hydrogens is 376 g/mol. The summed E-state index contributed by atoms with van der Waals surface area (Å²) >= 11 is 7.66. The number of nitrogens with one attached hydrogen (secondary N) is 2. The van der Waals surface area contributed by atoms with Crippen LogP contribution in [0.1, 0.15) is 39.7 Å². The molecule has 0 radical (unpaired) electrons. The Hall–Kier alpha value is -2.45. The van der Waals surface area contributed by atoms with Gasteiger partial charge >= 0.3 is 5.69 Å². The van der Waals surface area contributed by atoms with Gasteiger partial charge in [-0.05, 0) is 37.0 Å². The van der Waals surface area contributed by atoms with Crippen LogP contribution in [0.15, 0.2) is 27.9 Å². The summed E-state index contributed by atoms with van der Waals surface area (Å²) in [6.45, 7) is 0. The molecule has 0 aliphatic heterocycles. The first kappa shape index (κ1) is 17.0. The molecule has 0 bridgehead atoms. The molecule has 3 aromatic rings. The number of aromatic nitrogens is 3. The summed E-state index contributed by atoms with van der Waals surface area (Å²) in [4.78, 5) is 43.9. The van der Waals surface area contributed by atoms with Crippen LogP contribution >= 0.6 is 22.9 Å². The third kappa shape index (κ3) is 2.85. The summed E-state index contributed by atoms with van der Waals surface area (Å²) in [6.07, 6.45) is 4.16. The lowest BCUT2D eigenvalue weighted by atomic mass is 9.94. The highest BCUT2D eigenvalue weighted by Crippen LogP contribution is 2.37. The molecule has 1 amide bonds. The van der Waals surface area contributed by atoms with Crippen molar-refractivity contribution in [3.8, 4) is 0 Å². The van der Waals surface area contributed by atoms with Crippen LogP contribution in [0.3, 0.4) is 0 Å². The number of nitrogens with zero attached hydrogens (tertiary/aromatic N) is 2. The summed E-state index contributed by atoms with van der Waals surface area (Å²) in [5.74, 6) is -0.312. The molecule has 7 nitrogen and oxygen atoms in total. The molecule has 0 saturated carbocycles. The Morgan fingerprint density at radius 3 is 3.04 bits per heavy atom. The standard InChI is InChI=1S/C17H15ClN4O3S/c1-22-14-10(16(24)21-17(22)25)5-8(7-19-14)15(23)20-11-3-2-4-12-9(11)6-13(18)26-12/h5-7,11H,2-4H2,1H3,(H,20,23)(H,21,24,25). The van der Waals surface area contributed by atoms with E-state index in [2.05, 4.69) is 15.3 Å². The van der Waals surface area contributed by atoms with Gasteiger partial charge in [0.1, 0.15) is 5.65 Å². The van der Waals surface area contributed by atoms with Crippen molar-refractivity contribution in [1.29, 1.82) is 0 Å². The van der Waals surface area contributed by atoms with Crippen LogP contribution < -0.4 is 16.6 Å². The lowest BCUT2D eigenvalue weighted by Crippen LogP contribution is -2.32. The Labute approximate surface area is 156 Å². The zero-order valence-corrected chi connectivity index (χ0v) is 15.4. The number of carbonyl (C=O) groups is 1. The summed E-state index contributed by atoms with van der Waals surface area (Å²) < 4.78 is 1.95. The fourth-order valence-electron chi connectivity index (χ4n) is 3.27. The second-order valence-corrected chi connectivity index (χ2v) is 8.03. The molecular formula is C17H15ClN4O3S. The first-order chi connectivity index (χ1) is 12.4. The number of aryl methyl sites for hydroxylation is 2. The van der Waals surface area contributed by atoms with E-state index in [1.165, 1.54) is 28.8 Å². The van der Waals surface area contributed by atoms with Gasteiger partial charge < -0.3 is 5.32 Å². The Balaban J connectivity index is 1.67. The molecule has 1 atom stereocenters. The maximum absolute atomic E-state index is 12.7. The van der Waals surface area contributed by atoms with Crippen LogP contribution in [-0.4, -0.2) is 20.4 Å². The molecule has 0 fully saturated rings. The van der Waals surface area contributed by atoms with Gasteiger partial charge in [0.15, 0.2) is 0 Å². The minimum atomic E-state index is -0.560. The second-order valence-electron chi connectivity index (χ2n) is 6.26. The van der Waals surface area contributed by atoms with Crippen LogP contribution in [0.5, 0.6) is 0 Å². The van der Waals surface area contributed by atoms with Gasteiger partial charge in [0.05, 0.1) is 21.3 Å². The van der Waals surface area contributed by atoms with Gasteiger partial charge in [-0.3, -0.25) is 19.1 Å². The summed E-state index contributed by atoms with van der Waals surface area (Å²) in [5, 5.41) is 3.20. The van der Waals surface area contributed by atoms with E-state index >= 15 is 0 Å². The van der Waals surface area contributed by atoms with Gasteiger partial charge in [0, 0.05) is 18.1 Å². The molecule has 2 N–H and O–H groups in total. The van der Waals surface area contributed by atoms with E-state index in [0.717, 1.165) is 29.2 Å². The third-order valence-electron chi connectivity index (χ3n) is 4.61. The second kappa shape index (κ2) is 6.37. The van der Waals surface area contributed by atoms with Gasteiger partial charge in [-0.25, -0.2) is 9.78 Å². The number of fused-ring (bicyclic) bond motifs is 2. The van der Waals surface area contributed by atoms with E-state index in [4.69, 9.17) is 11.6 Å². The van der Waals surface area contributed by atoms with E-state index in [-0.39, 0.29) is 28.5 Å². The number of thiophene rings is 1. The molecule has 0 spiro atoms. The monoisotopic (exact) mass is 390 g/mol. The largest absolute Gasteiger partial charge is 0.345 e. The summed E-state index contributed by atoms with van der Waals surface area (Å²) in [6, 6.07) is 3.26. The fraction of sp³-hybridized carbons (Fsp3) is 0.294. The van der Waals surface area contributed by atoms with Crippen molar-refractivity contribution >= 4 is 39.9 Å². The van der Waals surface area contributed by atoms with Crippen molar-refractivity contribution in [2.75, 3.05) is 0 Å². The minimum Gasteiger partial charge on any atom is -0.345 e. The Kier molecular flexibility index (Phi) is 4.16. The zero-order chi connectivity index (χ0) is 18.4. The normalized spacial score (nSPS) is 16.5. The van der Waals surface area contributed by atoms with Gasteiger partial charge in [0.25, 0.3) is 11.5 Å². The van der Waals surface area contributed by atoms with Gasteiger partial charge in [-0.2, -0.15) is 0 Å². The molecule has 26 heavy (non-hydrogen) atoms. The number of carbonyl (C=O) groups excluding carboxylic acids is 1. The number of hydrogen-bond donors (Lipinski definition) is 2. The fourth-order valence-corrected chi connectivity index (χ4v) is 4.66. The number of hydrogen-bond acceptors (Lipinski definition) is 5. The molecule has 0 aromatic carbocycles. The van der Waals surface area contributed by atoms with Crippen LogP contribution in [0.2, 0.25) is 4.34 Å². The highest BCUT2D eigenvalue weighted by atomic mass is 35.5.